The zero-order valence-corrected chi connectivity index (χ0v) is 12.4. The molecule has 1 aromatic rings. The molecule has 2 amide bonds. The zero-order valence-electron chi connectivity index (χ0n) is 12.4. The van der Waals surface area contributed by atoms with Gasteiger partial charge in [-0.1, -0.05) is 18.2 Å². The van der Waals surface area contributed by atoms with Gasteiger partial charge in [0.05, 0.1) is 0 Å². The Kier molecular flexibility index (Phi) is 5.97. The second kappa shape index (κ2) is 7.48. The van der Waals surface area contributed by atoms with Crippen molar-refractivity contribution in [3.05, 3.63) is 42.0 Å². The fourth-order valence-corrected chi connectivity index (χ4v) is 1.85. The molecule has 0 saturated heterocycles. The Bertz CT molecular complexity index is 509. The van der Waals surface area contributed by atoms with E-state index in [1.54, 1.807) is 11.0 Å². The quantitative estimate of drug-likeness (QED) is 0.811. The lowest BCUT2D eigenvalue weighted by Gasteiger charge is -2.19. The SMILES string of the molecule is C=CCN(CCC(=O)Nc1cc(C)ccc1C)C(C)=O. The first-order valence-electron chi connectivity index (χ1n) is 6.67. The first-order chi connectivity index (χ1) is 9.43. The number of benzene rings is 1. The molecule has 0 bridgehead atoms. The highest BCUT2D eigenvalue weighted by molar-refractivity contribution is 5.92. The molecule has 108 valence electrons. The van der Waals surface area contributed by atoms with Crippen molar-refractivity contribution >= 4 is 17.5 Å². The standard InChI is InChI=1S/C16H22N2O2/c1-5-9-18(14(4)19)10-8-16(20)17-15-11-12(2)6-7-13(15)3/h5-7,11H,1,8-10H2,2-4H3,(H,17,20). The predicted octanol–water partition coefficient (Wildman–Crippen LogP) is 2.67. The van der Waals surface area contributed by atoms with E-state index in [-0.39, 0.29) is 18.2 Å². The number of carbonyl (C=O) groups is 2. The maximum absolute atomic E-state index is 11.9. The van der Waals surface area contributed by atoms with Crippen LogP contribution in [0.1, 0.15) is 24.5 Å². The van der Waals surface area contributed by atoms with Crippen molar-refractivity contribution in [1.29, 1.82) is 0 Å². The van der Waals surface area contributed by atoms with E-state index in [1.807, 2.05) is 32.0 Å². The van der Waals surface area contributed by atoms with E-state index in [0.717, 1.165) is 16.8 Å². The third-order valence-corrected chi connectivity index (χ3v) is 3.07. The number of hydrogen-bond donors (Lipinski definition) is 1. The van der Waals surface area contributed by atoms with E-state index in [9.17, 15) is 9.59 Å². The van der Waals surface area contributed by atoms with E-state index in [1.165, 1.54) is 6.92 Å². The fourth-order valence-electron chi connectivity index (χ4n) is 1.85. The van der Waals surface area contributed by atoms with Crippen molar-refractivity contribution in [2.45, 2.75) is 27.2 Å². The van der Waals surface area contributed by atoms with Gasteiger partial charge in [0.15, 0.2) is 0 Å². The maximum atomic E-state index is 11.9. The summed E-state index contributed by atoms with van der Waals surface area (Å²) in [5.74, 6) is -0.140. The van der Waals surface area contributed by atoms with Gasteiger partial charge < -0.3 is 10.2 Å². The van der Waals surface area contributed by atoms with Gasteiger partial charge in [0, 0.05) is 32.1 Å². The predicted molar refractivity (Wildman–Crippen MR) is 81.6 cm³/mol. The van der Waals surface area contributed by atoms with E-state index in [0.29, 0.717) is 13.1 Å². The van der Waals surface area contributed by atoms with E-state index >= 15 is 0 Å². The molecule has 20 heavy (non-hydrogen) atoms. The Hall–Kier alpha value is -2.10. The molecular weight excluding hydrogens is 252 g/mol. The average Bonchev–Trinajstić information content (AvgIpc) is 2.38. The summed E-state index contributed by atoms with van der Waals surface area (Å²) < 4.78 is 0. The summed E-state index contributed by atoms with van der Waals surface area (Å²) in [5, 5.41) is 2.88. The van der Waals surface area contributed by atoms with Crippen LogP contribution in [0.2, 0.25) is 0 Å². The van der Waals surface area contributed by atoms with Crippen molar-refractivity contribution in [2.24, 2.45) is 0 Å². The van der Waals surface area contributed by atoms with Crippen molar-refractivity contribution in [2.75, 3.05) is 18.4 Å². The first-order valence-corrected chi connectivity index (χ1v) is 6.67. The molecule has 0 atom stereocenters. The molecule has 4 heteroatoms. The molecule has 0 aliphatic heterocycles. The lowest BCUT2D eigenvalue weighted by Crippen LogP contribution is -2.32. The molecule has 0 unspecified atom stereocenters. The summed E-state index contributed by atoms with van der Waals surface area (Å²) in [6, 6.07) is 5.93. The molecule has 1 N–H and O–H groups in total. The van der Waals surface area contributed by atoms with Crippen LogP contribution in [0.15, 0.2) is 30.9 Å². The number of amides is 2. The molecule has 0 spiro atoms. The summed E-state index contributed by atoms with van der Waals surface area (Å²) in [4.78, 5) is 24.9. The minimum absolute atomic E-state index is 0.0514. The van der Waals surface area contributed by atoms with Crippen LogP contribution in [0.4, 0.5) is 5.69 Å². The highest BCUT2D eigenvalue weighted by Crippen LogP contribution is 2.16. The lowest BCUT2D eigenvalue weighted by molar-refractivity contribution is -0.128. The van der Waals surface area contributed by atoms with Gasteiger partial charge in [-0.3, -0.25) is 9.59 Å². The van der Waals surface area contributed by atoms with E-state index < -0.39 is 0 Å². The van der Waals surface area contributed by atoms with Crippen molar-refractivity contribution < 1.29 is 9.59 Å². The Morgan fingerprint density at radius 2 is 2.05 bits per heavy atom. The topological polar surface area (TPSA) is 49.4 Å². The molecule has 1 aromatic carbocycles. The summed E-state index contributed by atoms with van der Waals surface area (Å²) >= 11 is 0. The molecular formula is C16H22N2O2. The third kappa shape index (κ3) is 4.88. The molecule has 0 radical (unpaired) electrons. The minimum Gasteiger partial charge on any atom is -0.339 e. The monoisotopic (exact) mass is 274 g/mol. The lowest BCUT2D eigenvalue weighted by atomic mass is 10.1. The van der Waals surface area contributed by atoms with Crippen LogP contribution in [0.3, 0.4) is 0 Å². The molecule has 0 saturated carbocycles. The van der Waals surface area contributed by atoms with Crippen LogP contribution >= 0.6 is 0 Å². The number of carbonyl (C=O) groups excluding carboxylic acids is 2. The molecule has 0 fully saturated rings. The first kappa shape index (κ1) is 16.0. The number of rotatable bonds is 6. The van der Waals surface area contributed by atoms with Crippen LogP contribution in [-0.2, 0) is 9.59 Å². The molecule has 0 aromatic heterocycles. The van der Waals surface area contributed by atoms with Gasteiger partial charge in [-0.2, -0.15) is 0 Å². The van der Waals surface area contributed by atoms with Gasteiger partial charge in [0.1, 0.15) is 0 Å². The smallest absolute Gasteiger partial charge is 0.226 e. The Morgan fingerprint density at radius 3 is 2.65 bits per heavy atom. The summed E-state index contributed by atoms with van der Waals surface area (Å²) in [6.45, 7) is 9.90. The number of anilines is 1. The molecule has 1 rings (SSSR count). The minimum atomic E-state index is -0.0889. The highest BCUT2D eigenvalue weighted by atomic mass is 16.2. The number of nitrogens with zero attached hydrogens (tertiary/aromatic N) is 1. The Balaban J connectivity index is 2.57. The van der Waals surface area contributed by atoms with Crippen LogP contribution in [-0.4, -0.2) is 29.8 Å². The fraction of sp³-hybridized carbons (Fsp3) is 0.375. The second-order valence-electron chi connectivity index (χ2n) is 4.87. The molecule has 0 aliphatic carbocycles. The maximum Gasteiger partial charge on any atom is 0.226 e. The largest absolute Gasteiger partial charge is 0.339 e. The highest BCUT2D eigenvalue weighted by Gasteiger charge is 2.10. The van der Waals surface area contributed by atoms with Gasteiger partial charge in [0.2, 0.25) is 11.8 Å². The molecule has 0 aliphatic rings. The van der Waals surface area contributed by atoms with Gasteiger partial charge in [-0.15, -0.1) is 6.58 Å². The number of nitrogens with one attached hydrogen (secondary N) is 1. The van der Waals surface area contributed by atoms with Crippen molar-refractivity contribution in [1.82, 2.24) is 4.90 Å². The second-order valence-corrected chi connectivity index (χ2v) is 4.87. The third-order valence-electron chi connectivity index (χ3n) is 3.07. The summed E-state index contributed by atoms with van der Waals surface area (Å²) in [6.07, 6.45) is 1.94. The molecule has 0 heterocycles. The average molecular weight is 274 g/mol. The van der Waals surface area contributed by atoms with Gasteiger partial charge in [-0.05, 0) is 31.0 Å². The van der Waals surface area contributed by atoms with E-state index in [2.05, 4.69) is 11.9 Å². The van der Waals surface area contributed by atoms with E-state index in [4.69, 9.17) is 0 Å². The van der Waals surface area contributed by atoms with Crippen molar-refractivity contribution in [3.8, 4) is 0 Å². The Morgan fingerprint density at radius 1 is 1.35 bits per heavy atom. The Labute approximate surface area is 120 Å². The normalized spacial score (nSPS) is 9.95. The number of hydrogen-bond acceptors (Lipinski definition) is 2. The number of aryl methyl sites for hydroxylation is 2. The van der Waals surface area contributed by atoms with Gasteiger partial charge in [0.25, 0.3) is 0 Å². The zero-order chi connectivity index (χ0) is 15.1. The summed E-state index contributed by atoms with van der Waals surface area (Å²) in [5.41, 5.74) is 2.95. The van der Waals surface area contributed by atoms with Gasteiger partial charge in [-0.25, -0.2) is 0 Å². The van der Waals surface area contributed by atoms with Crippen LogP contribution in [0.5, 0.6) is 0 Å². The molecule has 4 nitrogen and oxygen atoms in total. The van der Waals surface area contributed by atoms with Crippen LogP contribution in [0.25, 0.3) is 0 Å². The van der Waals surface area contributed by atoms with Gasteiger partial charge >= 0.3 is 0 Å². The van der Waals surface area contributed by atoms with Crippen LogP contribution < -0.4 is 5.32 Å². The van der Waals surface area contributed by atoms with Crippen molar-refractivity contribution in [3.63, 3.8) is 0 Å². The summed E-state index contributed by atoms with van der Waals surface area (Å²) in [7, 11) is 0. The van der Waals surface area contributed by atoms with Crippen LogP contribution in [0, 0.1) is 13.8 Å².